The maximum atomic E-state index is 8.00. The molecule has 9 heavy (non-hydrogen) atoms. The fourth-order valence-electron chi connectivity index (χ4n) is 0.421. The highest BCUT2D eigenvalue weighted by Gasteiger charge is 1.85. The summed E-state index contributed by atoms with van der Waals surface area (Å²) in [6.45, 7) is 0. The standard InChI is InChI=1S/C5H4IN3/c7-9-8-5-2-1-3-6-4-5/h1-4H. The van der Waals surface area contributed by atoms with Crippen LogP contribution in [-0.2, 0) is 0 Å². The summed E-state index contributed by atoms with van der Waals surface area (Å²) in [5, 5.41) is 3.45. The number of rotatable bonds is 1. The Hall–Kier alpha value is -0.610. The SMILES string of the molecule is [N-]=[N+]=NC1=CI=CC=C1. The van der Waals surface area contributed by atoms with Gasteiger partial charge in [0.2, 0.25) is 0 Å². The molecule has 0 N–H and O–H groups in total. The molecular formula is C5H4IN3. The van der Waals surface area contributed by atoms with Gasteiger partial charge in [0.25, 0.3) is 0 Å². The summed E-state index contributed by atoms with van der Waals surface area (Å²) in [5.74, 6) is 0. The number of hydrogen-bond donors (Lipinski definition) is 0. The molecule has 0 unspecified atom stereocenters. The number of azide groups is 1. The van der Waals surface area contributed by atoms with Crippen LogP contribution in [0.4, 0.5) is 0 Å². The van der Waals surface area contributed by atoms with E-state index in [-0.39, 0.29) is 20.7 Å². The quantitative estimate of drug-likeness (QED) is 0.289. The summed E-state index contributed by atoms with van der Waals surface area (Å²) in [4.78, 5) is 2.67. The van der Waals surface area contributed by atoms with Crippen molar-refractivity contribution in [2.75, 3.05) is 0 Å². The summed E-state index contributed by atoms with van der Waals surface area (Å²) in [6.07, 6.45) is 3.74. The zero-order chi connectivity index (χ0) is 6.53. The molecule has 1 rings (SSSR count). The van der Waals surface area contributed by atoms with Crippen molar-refractivity contribution < 1.29 is 0 Å². The van der Waals surface area contributed by atoms with Gasteiger partial charge in [0.1, 0.15) is 0 Å². The molecule has 0 radical (unpaired) electrons. The lowest BCUT2D eigenvalue weighted by Crippen LogP contribution is -1.70. The van der Waals surface area contributed by atoms with Gasteiger partial charge in [-0.3, -0.25) is 0 Å². The molecule has 0 bridgehead atoms. The van der Waals surface area contributed by atoms with E-state index < -0.39 is 0 Å². The highest BCUT2D eigenvalue weighted by molar-refractivity contribution is 14.2. The zero-order valence-corrected chi connectivity index (χ0v) is 6.69. The van der Waals surface area contributed by atoms with Crippen LogP contribution < -0.4 is 0 Å². The van der Waals surface area contributed by atoms with Gasteiger partial charge < -0.3 is 0 Å². The highest BCUT2D eigenvalue weighted by Crippen LogP contribution is 2.11. The highest BCUT2D eigenvalue weighted by atomic mass is 127. The molecule has 0 saturated heterocycles. The molecule has 46 valence electrons. The second-order valence-electron chi connectivity index (χ2n) is 1.33. The van der Waals surface area contributed by atoms with Gasteiger partial charge in [-0.05, 0) is 13.6 Å². The third kappa shape index (κ3) is 1.99. The topological polar surface area (TPSA) is 48.8 Å². The average molecular weight is 233 g/mol. The van der Waals surface area contributed by atoms with Crippen molar-refractivity contribution in [2.24, 2.45) is 5.11 Å². The molecule has 1 heterocycles. The van der Waals surface area contributed by atoms with Crippen molar-refractivity contribution in [2.45, 2.75) is 0 Å². The van der Waals surface area contributed by atoms with Crippen LogP contribution >= 0.6 is 20.7 Å². The summed E-state index contributed by atoms with van der Waals surface area (Å²) in [7, 11) is 0. The first kappa shape index (κ1) is 6.51. The minimum absolute atomic E-state index is 0.0233. The van der Waals surface area contributed by atoms with Crippen LogP contribution in [0.25, 0.3) is 10.4 Å². The van der Waals surface area contributed by atoms with E-state index >= 15 is 0 Å². The molecule has 0 saturated carbocycles. The molecule has 1 aliphatic heterocycles. The molecule has 0 atom stereocenters. The molecule has 3 nitrogen and oxygen atoms in total. The maximum absolute atomic E-state index is 8.00. The van der Waals surface area contributed by atoms with Gasteiger partial charge in [-0.2, -0.15) is 0 Å². The Morgan fingerprint density at radius 2 is 2.56 bits per heavy atom. The molecular weight excluding hydrogens is 229 g/mol. The fourth-order valence-corrected chi connectivity index (χ4v) is 1.78. The first-order valence-corrected chi connectivity index (χ1v) is 4.80. The smallest absolute Gasteiger partial charge is 0.0432 e. The van der Waals surface area contributed by atoms with Crippen LogP contribution in [0.1, 0.15) is 0 Å². The van der Waals surface area contributed by atoms with Crippen molar-refractivity contribution in [3.8, 4) is 0 Å². The van der Waals surface area contributed by atoms with Crippen LogP contribution in [-0.4, -0.2) is 4.01 Å². The maximum Gasteiger partial charge on any atom is 0.0432 e. The van der Waals surface area contributed by atoms with E-state index in [0.717, 1.165) is 5.70 Å². The molecule has 0 fully saturated rings. The summed E-state index contributed by atoms with van der Waals surface area (Å²) in [5.41, 5.74) is 8.76. The number of halogens is 1. The van der Waals surface area contributed by atoms with E-state index in [2.05, 4.69) is 14.0 Å². The predicted molar refractivity (Wildman–Crippen MR) is 46.5 cm³/mol. The zero-order valence-electron chi connectivity index (χ0n) is 4.53. The van der Waals surface area contributed by atoms with Gasteiger partial charge in [-0.15, -0.1) is 0 Å². The van der Waals surface area contributed by atoms with Crippen LogP contribution in [0.15, 0.2) is 27.0 Å². The van der Waals surface area contributed by atoms with Crippen LogP contribution in [0.5, 0.6) is 0 Å². The van der Waals surface area contributed by atoms with Crippen LogP contribution in [0, 0.1) is 0 Å². The fraction of sp³-hybridized carbons (Fsp3) is 0. The van der Waals surface area contributed by atoms with Crippen molar-refractivity contribution in [3.63, 3.8) is 0 Å². The monoisotopic (exact) mass is 233 g/mol. The molecule has 1 aliphatic rings. The van der Waals surface area contributed by atoms with Crippen molar-refractivity contribution >= 4 is 24.7 Å². The van der Waals surface area contributed by atoms with E-state index in [1.165, 1.54) is 0 Å². The van der Waals surface area contributed by atoms with E-state index in [1.807, 2.05) is 16.2 Å². The Morgan fingerprint density at radius 1 is 1.67 bits per heavy atom. The second-order valence-corrected chi connectivity index (χ2v) is 3.40. The van der Waals surface area contributed by atoms with E-state index in [0.29, 0.717) is 0 Å². The van der Waals surface area contributed by atoms with Crippen LogP contribution in [0.2, 0.25) is 0 Å². The van der Waals surface area contributed by atoms with Gasteiger partial charge >= 0.3 is 0 Å². The van der Waals surface area contributed by atoms with Gasteiger partial charge in [-0.1, -0.05) is 38.0 Å². The predicted octanol–water partition coefficient (Wildman–Crippen LogP) is 2.48. The second kappa shape index (κ2) is 3.42. The van der Waals surface area contributed by atoms with E-state index in [1.54, 1.807) is 0 Å². The molecule has 4 heteroatoms. The van der Waals surface area contributed by atoms with Gasteiger partial charge in [-0.25, -0.2) is 0 Å². The van der Waals surface area contributed by atoms with Gasteiger partial charge in [0.05, 0.1) is 0 Å². The Balaban J connectivity index is 2.84. The van der Waals surface area contributed by atoms with Crippen molar-refractivity contribution in [1.29, 1.82) is 0 Å². The molecule has 0 spiro atoms. The Kier molecular flexibility index (Phi) is 2.48. The molecule has 0 aromatic rings. The normalized spacial score (nSPS) is 15.3. The summed E-state index contributed by atoms with van der Waals surface area (Å²) in [6, 6.07) is 0. The lowest BCUT2D eigenvalue weighted by Gasteiger charge is -1.89. The lowest BCUT2D eigenvalue weighted by atomic mass is 10.4. The van der Waals surface area contributed by atoms with E-state index in [4.69, 9.17) is 5.53 Å². The summed E-state index contributed by atoms with van der Waals surface area (Å²) < 4.78 is 4.09. The average Bonchev–Trinajstić information content (AvgIpc) is 1.91. The van der Waals surface area contributed by atoms with Gasteiger partial charge in [0.15, 0.2) is 0 Å². The number of allylic oxidation sites excluding steroid dienone is 2. The first-order chi connectivity index (χ1) is 4.43. The Morgan fingerprint density at radius 3 is 3.11 bits per heavy atom. The summed E-state index contributed by atoms with van der Waals surface area (Å²) >= 11 is 0.0233. The third-order valence-electron chi connectivity index (χ3n) is 0.747. The largest absolute Gasteiger partial charge is 0.0933 e. The Bertz CT molecular complexity index is 233. The third-order valence-corrected chi connectivity index (χ3v) is 2.58. The molecule has 0 aromatic heterocycles. The molecule has 0 amide bonds. The number of nitrogens with zero attached hydrogens (tertiary/aromatic N) is 3. The lowest BCUT2D eigenvalue weighted by molar-refractivity contribution is 1.39. The Labute approximate surface area is 62.4 Å². The number of hydrogen-bond acceptors (Lipinski definition) is 1. The van der Waals surface area contributed by atoms with Crippen molar-refractivity contribution in [3.05, 3.63) is 32.4 Å². The molecule has 0 aromatic carbocycles. The van der Waals surface area contributed by atoms with Crippen LogP contribution in [0.3, 0.4) is 0 Å². The van der Waals surface area contributed by atoms with Crippen molar-refractivity contribution in [1.82, 2.24) is 0 Å². The minimum Gasteiger partial charge on any atom is -0.0933 e. The first-order valence-electron chi connectivity index (χ1n) is 2.30. The van der Waals surface area contributed by atoms with Gasteiger partial charge in [0, 0.05) is 10.6 Å². The molecule has 0 aliphatic carbocycles. The van der Waals surface area contributed by atoms with E-state index in [9.17, 15) is 0 Å². The minimum atomic E-state index is 0.0233.